The van der Waals surface area contributed by atoms with Gasteiger partial charge in [-0.2, -0.15) is 0 Å². The third kappa shape index (κ3) is 1.14. The van der Waals surface area contributed by atoms with E-state index in [1.165, 1.54) is 0 Å². The molecule has 1 nitrogen and oxygen atoms in total. The average Bonchev–Trinajstić information content (AvgIpc) is 2.03. The van der Waals surface area contributed by atoms with Gasteiger partial charge in [0.25, 0.3) is 0 Å². The third-order valence-corrected chi connectivity index (χ3v) is 35.7. The molecule has 1 rings (SSSR count). The Kier molecular flexibility index (Phi) is 2.13. The molecule has 0 amide bonds. The molecule has 1 fully saturated rings. The summed E-state index contributed by atoms with van der Waals surface area (Å²) < 4.78 is 6.03. The van der Waals surface area contributed by atoms with Gasteiger partial charge in [0.15, 0.2) is 15.7 Å². The first kappa shape index (κ1) is 9.18. The van der Waals surface area contributed by atoms with Crippen molar-refractivity contribution in [1.29, 1.82) is 0 Å². The summed E-state index contributed by atoms with van der Waals surface area (Å²) in [6, 6.07) is 0. The summed E-state index contributed by atoms with van der Waals surface area (Å²) in [5.41, 5.74) is 4.20. The van der Waals surface area contributed by atoms with E-state index in [1.807, 2.05) is 0 Å². The van der Waals surface area contributed by atoms with Gasteiger partial charge in [0.2, 0.25) is 0 Å². The van der Waals surface area contributed by atoms with E-state index in [0.29, 0.717) is 0 Å². The molecule has 1 heterocycles. The molecular weight excluding hydrogens is 184 g/mol. The highest BCUT2D eigenvalue weighted by molar-refractivity contribution is 7.67. The third-order valence-electron chi connectivity index (χ3n) is 2.97. The standard InChI is InChI=1S/C7H16OSi3/c1-6-10(4)8-11(5,7-2)9(10)3/h6-7,9H,1-2H2,3-5H3. The number of hydrogen-bond acceptors (Lipinski definition) is 1. The normalized spacial score (nSPS) is 49.5. The lowest BCUT2D eigenvalue weighted by Crippen LogP contribution is -2.78. The minimum atomic E-state index is -1.34. The molecule has 4 heteroatoms. The number of hydrogen-bond donors (Lipinski definition) is 0. The Hall–Kier alpha value is 0.0906. The van der Waals surface area contributed by atoms with Crippen molar-refractivity contribution < 1.29 is 4.12 Å². The molecule has 0 saturated carbocycles. The van der Waals surface area contributed by atoms with Gasteiger partial charge in [-0.15, -0.1) is 13.2 Å². The minimum Gasteiger partial charge on any atom is -0.454 e. The van der Waals surface area contributed by atoms with Crippen molar-refractivity contribution in [3.63, 3.8) is 0 Å². The highest BCUT2D eigenvalue weighted by atomic mass is 29.7. The fourth-order valence-corrected chi connectivity index (χ4v) is 32.8. The van der Waals surface area contributed by atoms with Gasteiger partial charge in [0, 0.05) is 0 Å². The fraction of sp³-hybridized carbons (Fsp3) is 0.429. The summed E-state index contributed by atoms with van der Waals surface area (Å²) in [6.45, 7) is 14.7. The Balaban J connectivity index is 2.77. The molecule has 62 valence electrons. The second kappa shape index (κ2) is 2.55. The maximum atomic E-state index is 6.03. The summed E-state index contributed by atoms with van der Waals surface area (Å²) in [5, 5.41) is 0. The van der Waals surface area contributed by atoms with Crippen molar-refractivity contribution in [2.45, 2.75) is 19.6 Å². The molecule has 0 aliphatic carbocycles. The Labute approximate surface area is 72.2 Å². The molecule has 0 radical (unpaired) electrons. The minimum absolute atomic E-state index is 0.610. The van der Waals surface area contributed by atoms with E-state index in [9.17, 15) is 0 Å². The van der Waals surface area contributed by atoms with Crippen LogP contribution in [0, 0.1) is 0 Å². The molecule has 2 atom stereocenters. The first-order chi connectivity index (χ1) is 4.98. The molecule has 0 aromatic rings. The predicted molar refractivity (Wildman–Crippen MR) is 57.7 cm³/mol. The fourth-order valence-electron chi connectivity index (χ4n) is 1.60. The van der Waals surface area contributed by atoms with Crippen molar-refractivity contribution in [1.82, 2.24) is 0 Å². The van der Waals surface area contributed by atoms with Crippen LogP contribution >= 0.6 is 0 Å². The molecule has 11 heavy (non-hydrogen) atoms. The summed E-state index contributed by atoms with van der Waals surface area (Å²) in [4.78, 5) is 0. The molecule has 0 N–H and O–H groups in total. The van der Waals surface area contributed by atoms with Crippen molar-refractivity contribution in [3.8, 4) is 0 Å². The van der Waals surface area contributed by atoms with Gasteiger partial charge in [-0.3, -0.25) is 0 Å². The van der Waals surface area contributed by atoms with Crippen LogP contribution in [0.1, 0.15) is 0 Å². The highest BCUT2D eigenvalue weighted by Gasteiger charge is 2.58. The lowest BCUT2D eigenvalue weighted by atomic mass is 11.3. The van der Waals surface area contributed by atoms with E-state index in [1.54, 1.807) is 0 Å². The van der Waals surface area contributed by atoms with E-state index in [0.717, 1.165) is 0 Å². The second-order valence-corrected chi connectivity index (χ2v) is 25.2. The summed E-state index contributed by atoms with van der Waals surface area (Å²) >= 11 is 0. The molecule has 1 aliphatic rings. The molecule has 2 unspecified atom stereocenters. The number of rotatable bonds is 2. The van der Waals surface area contributed by atoms with Crippen LogP contribution < -0.4 is 0 Å². The van der Waals surface area contributed by atoms with Gasteiger partial charge >= 0.3 is 0 Å². The molecular formula is C7H16OSi3. The zero-order chi connectivity index (χ0) is 8.70. The van der Waals surface area contributed by atoms with Crippen LogP contribution in [-0.2, 0) is 4.12 Å². The summed E-state index contributed by atoms with van der Waals surface area (Å²) in [5.74, 6) is 0. The maximum absolute atomic E-state index is 6.03. The first-order valence-corrected chi connectivity index (χ1v) is 13.7. The monoisotopic (exact) mass is 200 g/mol. The van der Waals surface area contributed by atoms with E-state index in [2.05, 4.69) is 44.2 Å². The van der Waals surface area contributed by atoms with E-state index in [4.69, 9.17) is 4.12 Å². The molecule has 0 aromatic carbocycles. The maximum Gasteiger partial charge on any atom is 0.183 e. The van der Waals surface area contributed by atoms with Crippen molar-refractivity contribution in [2.24, 2.45) is 0 Å². The Bertz CT molecular complexity index is 186. The zero-order valence-corrected chi connectivity index (χ0v) is 10.7. The highest BCUT2D eigenvalue weighted by Crippen LogP contribution is 2.34. The van der Waals surface area contributed by atoms with Crippen LogP contribution in [0.15, 0.2) is 24.6 Å². The quantitative estimate of drug-likeness (QED) is 0.616. The van der Waals surface area contributed by atoms with Gasteiger partial charge in [-0.25, -0.2) is 0 Å². The van der Waals surface area contributed by atoms with Gasteiger partial charge in [0.1, 0.15) is 0 Å². The van der Waals surface area contributed by atoms with Gasteiger partial charge in [-0.05, 0) is 13.1 Å². The van der Waals surface area contributed by atoms with Crippen LogP contribution in [0.4, 0.5) is 0 Å². The smallest absolute Gasteiger partial charge is 0.183 e. The lowest BCUT2D eigenvalue weighted by molar-refractivity contribution is 0.576. The van der Waals surface area contributed by atoms with Gasteiger partial charge in [0.05, 0.1) is 7.83 Å². The predicted octanol–water partition coefficient (Wildman–Crippen LogP) is 1.63. The second-order valence-electron chi connectivity index (χ2n) is 3.60. The van der Waals surface area contributed by atoms with Crippen LogP contribution in [0.25, 0.3) is 0 Å². The van der Waals surface area contributed by atoms with Crippen molar-refractivity contribution >= 4 is 23.5 Å². The zero-order valence-electron chi connectivity index (χ0n) is 7.55. The van der Waals surface area contributed by atoms with Crippen molar-refractivity contribution in [2.75, 3.05) is 0 Å². The average molecular weight is 200 g/mol. The van der Waals surface area contributed by atoms with Crippen LogP contribution in [0.5, 0.6) is 0 Å². The van der Waals surface area contributed by atoms with Crippen LogP contribution in [0.2, 0.25) is 19.6 Å². The Morgan fingerprint density at radius 2 is 1.55 bits per heavy atom. The lowest BCUT2D eigenvalue weighted by Gasteiger charge is -2.53. The molecule has 1 saturated heterocycles. The largest absolute Gasteiger partial charge is 0.454 e. The van der Waals surface area contributed by atoms with Crippen molar-refractivity contribution in [3.05, 3.63) is 24.6 Å². The topological polar surface area (TPSA) is 9.23 Å². The SMILES string of the molecule is C=C[Si]1(C)O[Si](C)(C=C)[SiH]1C. The van der Waals surface area contributed by atoms with Crippen LogP contribution in [0.3, 0.4) is 0 Å². The van der Waals surface area contributed by atoms with E-state index in [-0.39, 0.29) is 0 Å². The summed E-state index contributed by atoms with van der Waals surface area (Å²) in [6.07, 6.45) is 0. The first-order valence-electron chi connectivity index (χ1n) is 3.96. The van der Waals surface area contributed by atoms with Gasteiger partial charge in [-0.1, -0.05) is 17.9 Å². The summed E-state index contributed by atoms with van der Waals surface area (Å²) in [7, 11) is -3.28. The Morgan fingerprint density at radius 3 is 1.73 bits per heavy atom. The van der Waals surface area contributed by atoms with Crippen LogP contribution in [-0.4, -0.2) is 23.5 Å². The molecule has 0 aromatic heterocycles. The van der Waals surface area contributed by atoms with E-state index >= 15 is 0 Å². The molecule has 1 aliphatic heterocycles. The Morgan fingerprint density at radius 1 is 1.18 bits per heavy atom. The molecule has 0 spiro atoms. The van der Waals surface area contributed by atoms with E-state index < -0.39 is 23.5 Å². The molecule has 0 bridgehead atoms. The van der Waals surface area contributed by atoms with Gasteiger partial charge < -0.3 is 4.12 Å².